The molecule has 1 aromatic carbocycles. The van der Waals surface area contributed by atoms with Gasteiger partial charge in [0.15, 0.2) is 0 Å². The molecule has 8 nitrogen and oxygen atoms in total. The summed E-state index contributed by atoms with van der Waals surface area (Å²) >= 11 is 0. The molecule has 3 rings (SSSR count). The zero-order chi connectivity index (χ0) is 38.0. The van der Waals surface area contributed by atoms with Gasteiger partial charge in [0.05, 0.1) is 0 Å². The molecule has 1 aromatic rings. The van der Waals surface area contributed by atoms with E-state index in [2.05, 4.69) is 35.1 Å². The zero-order valence-corrected chi connectivity index (χ0v) is 33.8. The van der Waals surface area contributed by atoms with Crippen molar-refractivity contribution in [1.29, 1.82) is 0 Å². The van der Waals surface area contributed by atoms with Crippen LogP contribution in [0.4, 0.5) is 0 Å². The van der Waals surface area contributed by atoms with E-state index in [0.717, 1.165) is 49.7 Å². The first kappa shape index (κ1) is 43.5. The summed E-state index contributed by atoms with van der Waals surface area (Å²) in [5.74, 6) is -0.416. The van der Waals surface area contributed by atoms with E-state index in [4.69, 9.17) is 0 Å². The lowest BCUT2D eigenvalue weighted by Gasteiger charge is -2.42. The Morgan fingerprint density at radius 1 is 0.481 bits per heavy atom. The molecular weight excluding hydrogens is 649 g/mol. The highest BCUT2D eigenvalue weighted by atomic mass is 16.2. The molecule has 0 aliphatic carbocycles. The number of hydrogen-bond acceptors (Lipinski definition) is 4. The van der Waals surface area contributed by atoms with E-state index in [1.54, 1.807) is 0 Å². The highest BCUT2D eigenvalue weighted by molar-refractivity contribution is 6.01. The van der Waals surface area contributed by atoms with Gasteiger partial charge < -0.3 is 21.3 Å². The van der Waals surface area contributed by atoms with Crippen molar-refractivity contribution in [3.05, 3.63) is 35.4 Å². The normalized spacial score (nSPS) is 23.5. The lowest BCUT2D eigenvalue weighted by molar-refractivity contribution is -0.143. The SMILES string of the molecule is CCCCCCCCCCC[C@@]1(Cc2ccc(C[C@]3(CCCCCCCCCCC)NC(=O)[C@@H](C(C)C)NC3=O)cc2)NC(=O)[C@@H](C(C)C)NC1=O. The Labute approximate surface area is 316 Å². The second kappa shape index (κ2) is 22.3. The van der Waals surface area contributed by atoms with Crippen LogP contribution in [-0.4, -0.2) is 46.8 Å². The Balaban J connectivity index is 1.69. The molecule has 2 saturated heterocycles. The van der Waals surface area contributed by atoms with Crippen molar-refractivity contribution in [3.8, 4) is 0 Å². The highest BCUT2D eigenvalue weighted by Gasteiger charge is 2.48. The van der Waals surface area contributed by atoms with Gasteiger partial charge in [-0.15, -0.1) is 0 Å². The van der Waals surface area contributed by atoms with Crippen LogP contribution in [0.1, 0.15) is 181 Å². The summed E-state index contributed by atoms with van der Waals surface area (Å²) < 4.78 is 0. The van der Waals surface area contributed by atoms with Gasteiger partial charge in [-0.1, -0.05) is 181 Å². The lowest BCUT2D eigenvalue weighted by Crippen LogP contribution is -2.71. The fourth-order valence-electron chi connectivity index (χ4n) is 8.09. The van der Waals surface area contributed by atoms with E-state index in [-0.39, 0.29) is 35.5 Å². The first-order valence-corrected chi connectivity index (χ1v) is 21.3. The average molecular weight is 723 g/mol. The lowest BCUT2D eigenvalue weighted by atomic mass is 9.79. The molecule has 0 saturated carbocycles. The Bertz CT molecular complexity index is 1150. The maximum atomic E-state index is 13.8. The standard InChI is InChI=1S/C44H74N4O4/c1-7-9-11-13-15-17-19-21-23-29-43(41(51)45-37(33(3)4)39(49)47-43)31-35-25-27-36(28-26-35)32-44(30-24-22-20-18-16-14-12-10-8-2)42(52)46-38(34(5)6)40(50)48-44/h25-28,33-34,37-38H,7-24,29-32H2,1-6H3,(H,45,51)(H,46,52)(H,47,49)(H,48,50)/t37-,38-,43+,44+/m1/s1. The molecule has 2 fully saturated rings. The van der Waals surface area contributed by atoms with E-state index >= 15 is 0 Å². The third-order valence-corrected chi connectivity index (χ3v) is 11.5. The molecule has 2 aliphatic heterocycles. The Hall–Kier alpha value is -2.90. The Kier molecular flexibility index (Phi) is 18.7. The fraction of sp³-hybridized carbons (Fsp3) is 0.773. The van der Waals surface area contributed by atoms with Crippen LogP contribution in [0.2, 0.25) is 0 Å². The zero-order valence-electron chi connectivity index (χ0n) is 33.8. The smallest absolute Gasteiger partial charge is 0.246 e. The topological polar surface area (TPSA) is 116 Å². The molecule has 52 heavy (non-hydrogen) atoms. The monoisotopic (exact) mass is 723 g/mol. The number of hydrogen-bond donors (Lipinski definition) is 4. The first-order valence-electron chi connectivity index (χ1n) is 21.3. The van der Waals surface area contributed by atoms with Crippen molar-refractivity contribution in [2.24, 2.45) is 11.8 Å². The largest absolute Gasteiger partial charge is 0.342 e. The van der Waals surface area contributed by atoms with Gasteiger partial charge in [-0.25, -0.2) is 0 Å². The van der Waals surface area contributed by atoms with E-state index < -0.39 is 23.2 Å². The molecule has 8 heteroatoms. The van der Waals surface area contributed by atoms with Crippen molar-refractivity contribution >= 4 is 23.6 Å². The molecule has 2 aliphatic rings. The van der Waals surface area contributed by atoms with E-state index in [1.807, 2.05) is 52.0 Å². The van der Waals surface area contributed by atoms with Crippen LogP contribution < -0.4 is 21.3 Å². The molecule has 0 aromatic heterocycles. The van der Waals surface area contributed by atoms with Gasteiger partial charge in [0.1, 0.15) is 23.2 Å². The van der Waals surface area contributed by atoms with E-state index in [9.17, 15) is 19.2 Å². The molecular formula is C44H74N4O4. The molecule has 0 spiro atoms. The number of carbonyl (C=O) groups excluding carboxylic acids is 4. The van der Waals surface area contributed by atoms with Gasteiger partial charge in [-0.3, -0.25) is 19.2 Å². The van der Waals surface area contributed by atoms with Gasteiger partial charge in [0, 0.05) is 12.8 Å². The molecule has 0 bridgehead atoms. The number of unbranched alkanes of at least 4 members (excludes halogenated alkanes) is 16. The van der Waals surface area contributed by atoms with Crippen molar-refractivity contribution in [2.75, 3.05) is 0 Å². The highest BCUT2D eigenvalue weighted by Crippen LogP contribution is 2.29. The quantitative estimate of drug-likeness (QED) is 0.0717. The minimum Gasteiger partial charge on any atom is -0.342 e. The van der Waals surface area contributed by atoms with Crippen LogP contribution in [0.5, 0.6) is 0 Å². The predicted molar refractivity (Wildman–Crippen MR) is 213 cm³/mol. The molecule has 4 amide bonds. The second-order valence-electron chi connectivity index (χ2n) is 16.9. The average Bonchev–Trinajstić information content (AvgIpc) is 3.10. The summed E-state index contributed by atoms with van der Waals surface area (Å²) in [6.45, 7) is 12.3. The van der Waals surface area contributed by atoms with E-state index in [0.29, 0.717) is 25.7 Å². The van der Waals surface area contributed by atoms with Gasteiger partial charge >= 0.3 is 0 Å². The minimum absolute atomic E-state index is 0.00473. The van der Waals surface area contributed by atoms with Crippen LogP contribution in [0.25, 0.3) is 0 Å². The summed E-state index contributed by atoms with van der Waals surface area (Å²) in [6, 6.07) is 7.03. The molecule has 0 unspecified atom stereocenters. The summed E-state index contributed by atoms with van der Waals surface area (Å²) in [7, 11) is 0. The third kappa shape index (κ3) is 13.2. The maximum absolute atomic E-state index is 13.8. The fourth-order valence-corrected chi connectivity index (χ4v) is 8.09. The van der Waals surface area contributed by atoms with Gasteiger partial charge in [0.25, 0.3) is 0 Å². The molecule has 4 N–H and O–H groups in total. The summed E-state index contributed by atoms with van der Waals surface area (Å²) in [5, 5.41) is 12.5. The van der Waals surface area contributed by atoms with Crippen molar-refractivity contribution in [2.45, 2.75) is 206 Å². The van der Waals surface area contributed by atoms with Gasteiger partial charge in [-0.05, 0) is 35.8 Å². The maximum Gasteiger partial charge on any atom is 0.246 e. The van der Waals surface area contributed by atoms with Gasteiger partial charge in [-0.2, -0.15) is 0 Å². The molecule has 2 heterocycles. The number of carbonyl (C=O) groups is 4. The minimum atomic E-state index is -0.995. The number of nitrogens with one attached hydrogen (secondary N) is 4. The van der Waals surface area contributed by atoms with Crippen LogP contribution in [0.15, 0.2) is 24.3 Å². The summed E-state index contributed by atoms with van der Waals surface area (Å²) in [6.07, 6.45) is 23.4. The van der Waals surface area contributed by atoms with Crippen molar-refractivity contribution in [1.82, 2.24) is 21.3 Å². The van der Waals surface area contributed by atoms with Crippen LogP contribution >= 0.6 is 0 Å². The molecule has 0 radical (unpaired) electrons. The predicted octanol–water partition coefficient (Wildman–Crippen LogP) is 8.63. The van der Waals surface area contributed by atoms with Crippen molar-refractivity contribution in [3.63, 3.8) is 0 Å². The number of rotatable bonds is 26. The number of piperazine rings is 2. The Morgan fingerprint density at radius 3 is 1.06 bits per heavy atom. The second-order valence-corrected chi connectivity index (χ2v) is 16.9. The van der Waals surface area contributed by atoms with Crippen LogP contribution in [0.3, 0.4) is 0 Å². The molecule has 4 atom stereocenters. The summed E-state index contributed by atoms with van der Waals surface area (Å²) in [4.78, 5) is 54.1. The third-order valence-electron chi connectivity index (χ3n) is 11.5. The number of benzene rings is 1. The van der Waals surface area contributed by atoms with E-state index in [1.165, 1.54) is 77.0 Å². The first-order chi connectivity index (χ1) is 25.0. The van der Waals surface area contributed by atoms with Crippen LogP contribution in [0, 0.1) is 11.8 Å². The molecule has 294 valence electrons. The summed E-state index contributed by atoms with van der Waals surface area (Å²) in [5.41, 5.74) is -0.0668. The Morgan fingerprint density at radius 2 is 0.769 bits per heavy atom. The van der Waals surface area contributed by atoms with Crippen molar-refractivity contribution < 1.29 is 19.2 Å². The van der Waals surface area contributed by atoms with Gasteiger partial charge in [0.2, 0.25) is 23.6 Å². The van der Waals surface area contributed by atoms with Crippen LogP contribution in [-0.2, 0) is 32.0 Å². The number of amides is 4.